The molecule has 142 valence electrons. The van der Waals surface area contributed by atoms with Gasteiger partial charge >= 0.3 is 0 Å². The van der Waals surface area contributed by atoms with Crippen LogP contribution in [0.1, 0.15) is 28.8 Å². The van der Waals surface area contributed by atoms with Crippen molar-refractivity contribution in [3.8, 4) is 16.9 Å². The van der Waals surface area contributed by atoms with E-state index < -0.39 is 12.2 Å². The van der Waals surface area contributed by atoms with E-state index in [2.05, 4.69) is 10.1 Å². The molecule has 0 bridgehead atoms. The summed E-state index contributed by atoms with van der Waals surface area (Å²) in [7, 11) is 0. The maximum Gasteiger partial charge on any atom is 0.264 e. The lowest BCUT2D eigenvalue weighted by Gasteiger charge is -2.10. The first-order valence-corrected chi connectivity index (χ1v) is 8.87. The van der Waals surface area contributed by atoms with Crippen molar-refractivity contribution in [2.75, 3.05) is 0 Å². The first kappa shape index (κ1) is 18.2. The van der Waals surface area contributed by atoms with Crippen molar-refractivity contribution < 1.29 is 13.2 Å². The molecule has 3 nitrogen and oxygen atoms in total. The summed E-state index contributed by atoms with van der Waals surface area (Å²) in [6, 6.07) is 13.2. The van der Waals surface area contributed by atoms with Crippen LogP contribution in [0.25, 0.3) is 28.0 Å². The lowest BCUT2D eigenvalue weighted by Crippen LogP contribution is -2.02. The van der Waals surface area contributed by atoms with Crippen LogP contribution in [-0.4, -0.2) is 14.8 Å². The number of fused-ring (bicyclic) bond motifs is 1. The molecular weight excluding hydrogens is 363 g/mol. The summed E-state index contributed by atoms with van der Waals surface area (Å²) < 4.78 is 43.4. The van der Waals surface area contributed by atoms with Crippen LogP contribution in [0.2, 0.25) is 0 Å². The van der Waals surface area contributed by atoms with Gasteiger partial charge in [-0.25, -0.2) is 22.8 Å². The van der Waals surface area contributed by atoms with Gasteiger partial charge in [-0.1, -0.05) is 24.3 Å². The van der Waals surface area contributed by atoms with Gasteiger partial charge in [0.1, 0.15) is 11.5 Å². The Balaban J connectivity index is 2.05. The number of hydrogen-bond donors (Lipinski definition) is 0. The first-order chi connectivity index (χ1) is 13.4. The van der Waals surface area contributed by atoms with Crippen LogP contribution in [0.15, 0.2) is 48.5 Å². The molecule has 0 saturated carbocycles. The molecule has 0 aliphatic rings. The zero-order valence-electron chi connectivity index (χ0n) is 15.7. The van der Waals surface area contributed by atoms with Crippen molar-refractivity contribution >= 4 is 11.0 Å². The monoisotopic (exact) mass is 381 g/mol. The lowest BCUT2D eigenvalue weighted by molar-refractivity contribution is 0.153. The van der Waals surface area contributed by atoms with E-state index in [0.29, 0.717) is 11.4 Å². The Labute approximate surface area is 160 Å². The van der Waals surface area contributed by atoms with Gasteiger partial charge in [-0.05, 0) is 56.2 Å². The highest BCUT2D eigenvalue weighted by atomic mass is 19.3. The molecule has 28 heavy (non-hydrogen) atoms. The van der Waals surface area contributed by atoms with E-state index in [1.165, 1.54) is 16.8 Å². The molecule has 0 fully saturated rings. The van der Waals surface area contributed by atoms with Gasteiger partial charge in [-0.3, -0.25) is 0 Å². The quantitative estimate of drug-likeness (QED) is 0.430. The smallest absolute Gasteiger partial charge is 0.228 e. The zero-order chi connectivity index (χ0) is 20.0. The summed E-state index contributed by atoms with van der Waals surface area (Å²) >= 11 is 0. The Bertz CT molecular complexity index is 1200. The van der Waals surface area contributed by atoms with E-state index in [0.717, 1.165) is 16.7 Å². The average molecular weight is 381 g/mol. The number of aromatic nitrogens is 3. The summed E-state index contributed by atoms with van der Waals surface area (Å²) in [5.41, 5.74) is 3.89. The Morgan fingerprint density at radius 2 is 1.68 bits per heavy atom. The number of para-hydroxylation sites is 1. The van der Waals surface area contributed by atoms with Crippen LogP contribution in [0, 0.1) is 26.6 Å². The fraction of sp³-hybridized carbons (Fsp3) is 0.182. The summed E-state index contributed by atoms with van der Waals surface area (Å²) in [4.78, 5) is 4.60. The standard InChI is InChI=1S/C22H18F3N3/c1-12-8-9-15(10-13(12)2)18-11-16(21(24)25)20-14(3)27-28(22(20)26-18)19-7-5-4-6-17(19)23/h4-11,21H,1-3H3. The maximum absolute atomic E-state index is 14.4. The predicted molar refractivity (Wildman–Crippen MR) is 103 cm³/mol. The molecule has 0 saturated heterocycles. The highest BCUT2D eigenvalue weighted by Gasteiger charge is 2.22. The van der Waals surface area contributed by atoms with Gasteiger partial charge in [0.05, 0.1) is 16.8 Å². The topological polar surface area (TPSA) is 30.7 Å². The van der Waals surface area contributed by atoms with E-state index >= 15 is 0 Å². The molecule has 6 heteroatoms. The van der Waals surface area contributed by atoms with Crippen LogP contribution < -0.4 is 0 Å². The fourth-order valence-corrected chi connectivity index (χ4v) is 3.33. The first-order valence-electron chi connectivity index (χ1n) is 8.87. The van der Waals surface area contributed by atoms with E-state index in [4.69, 9.17) is 0 Å². The van der Waals surface area contributed by atoms with Gasteiger partial charge in [0, 0.05) is 11.1 Å². The molecule has 0 atom stereocenters. The molecular formula is C22H18F3N3. The number of nitrogens with zero attached hydrogens (tertiary/aromatic N) is 3. The Kier molecular flexibility index (Phi) is 4.41. The molecule has 0 unspecified atom stereocenters. The number of rotatable bonds is 3. The molecule has 0 aliphatic carbocycles. The Morgan fingerprint density at radius 1 is 0.929 bits per heavy atom. The fourth-order valence-electron chi connectivity index (χ4n) is 3.33. The van der Waals surface area contributed by atoms with Crippen LogP contribution >= 0.6 is 0 Å². The van der Waals surface area contributed by atoms with Crippen LogP contribution in [-0.2, 0) is 0 Å². The van der Waals surface area contributed by atoms with E-state index in [-0.39, 0.29) is 22.3 Å². The number of benzene rings is 2. The lowest BCUT2D eigenvalue weighted by atomic mass is 10.0. The van der Waals surface area contributed by atoms with Gasteiger partial charge in [0.2, 0.25) is 0 Å². The van der Waals surface area contributed by atoms with E-state index in [1.807, 2.05) is 32.0 Å². The van der Waals surface area contributed by atoms with Gasteiger partial charge in [0.25, 0.3) is 6.43 Å². The molecule has 2 aromatic carbocycles. The normalized spacial score (nSPS) is 11.5. The average Bonchev–Trinajstić information content (AvgIpc) is 3.00. The minimum atomic E-state index is -2.70. The number of pyridine rings is 1. The highest BCUT2D eigenvalue weighted by Crippen LogP contribution is 2.34. The van der Waals surface area contributed by atoms with Gasteiger partial charge in [0.15, 0.2) is 5.65 Å². The molecule has 4 rings (SSSR count). The van der Waals surface area contributed by atoms with Gasteiger partial charge in [-0.2, -0.15) is 5.10 Å². The number of alkyl halides is 2. The number of hydrogen-bond acceptors (Lipinski definition) is 2. The van der Waals surface area contributed by atoms with Crippen molar-refractivity contribution in [3.63, 3.8) is 0 Å². The minimum absolute atomic E-state index is 0.154. The second kappa shape index (κ2) is 6.78. The van der Waals surface area contributed by atoms with Gasteiger partial charge in [-0.15, -0.1) is 0 Å². The summed E-state index contributed by atoms with van der Waals surface area (Å²) in [5.74, 6) is -0.496. The largest absolute Gasteiger partial charge is 0.264 e. The number of aryl methyl sites for hydroxylation is 3. The van der Waals surface area contributed by atoms with Crippen molar-refractivity contribution in [3.05, 3.63) is 76.7 Å². The van der Waals surface area contributed by atoms with Crippen molar-refractivity contribution in [1.82, 2.24) is 14.8 Å². The van der Waals surface area contributed by atoms with E-state index in [9.17, 15) is 13.2 Å². The third-order valence-electron chi connectivity index (χ3n) is 4.96. The molecule has 0 amide bonds. The van der Waals surface area contributed by atoms with Crippen molar-refractivity contribution in [2.45, 2.75) is 27.2 Å². The Morgan fingerprint density at radius 3 is 2.36 bits per heavy atom. The second-order valence-electron chi connectivity index (χ2n) is 6.84. The summed E-state index contributed by atoms with van der Waals surface area (Å²) in [5, 5.41) is 4.57. The van der Waals surface area contributed by atoms with Crippen molar-refractivity contribution in [2.24, 2.45) is 0 Å². The molecule has 2 heterocycles. The molecule has 0 spiro atoms. The highest BCUT2D eigenvalue weighted by molar-refractivity contribution is 5.86. The predicted octanol–water partition coefficient (Wildman–Crippen LogP) is 6.09. The molecule has 0 radical (unpaired) electrons. The molecule has 0 aliphatic heterocycles. The van der Waals surface area contributed by atoms with Crippen LogP contribution in [0.5, 0.6) is 0 Å². The molecule has 0 N–H and O–H groups in total. The summed E-state index contributed by atoms with van der Waals surface area (Å²) in [6.07, 6.45) is -2.70. The maximum atomic E-state index is 14.4. The zero-order valence-corrected chi connectivity index (χ0v) is 15.7. The van der Waals surface area contributed by atoms with Crippen LogP contribution in [0.3, 0.4) is 0 Å². The molecule has 4 aromatic rings. The summed E-state index contributed by atoms with van der Waals surface area (Å²) in [6.45, 7) is 5.57. The number of halogens is 3. The van der Waals surface area contributed by atoms with Crippen molar-refractivity contribution in [1.29, 1.82) is 0 Å². The van der Waals surface area contributed by atoms with Gasteiger partial charge < -0.3 is 0 Å². The third kappa shape index (κ3) is 2.95. The second-order valence-corrected chi connectivity index (χ2v) is 6.84. The SMILES string of the molecule is Cc1ccc(-c2cc(C(F)F)c3c(C)nn(-c4ccccc4F)c3n2)cc1C. The Hall–Kier alpha value is -3.15. The van der Waals surface area contributed by atoms with E-state index in [1.54, 1.807) is 25.1 Å². The molecule has 2 aromatic heterocycles. The van der Waals surface area contributed by atoms with Crippen LogP contribution in [0.4, 0.5) is 13.2 Å². The third-order valence-corrected chi connectivity index (χ3v) is 4.96. The minimum Gasteiger partial charge on any atom is -0.228 e.